The number of aliphatic imine (C=N–C) groups is 1. The Hall–Kier alpha value is -2.08. The number of hydrogen-bond acceptors (Lipinski definition) is 3. The predicted octanol–water partition coefficient (Wildman–Crippen LogP) is 1.08. The minimum Gasteiger partial charge on any atom is -0.357 e. The highest BCUT2D eigenvalue weighted by Crippen LogP contribution is 2.19. The Morgan fingerprint density at radius 3 is 2.68 bits per heavy atom. The van der Waals surface area contributed by atoms with Crippen LogP contribution in [0.15, 0.2) is 29.3 Å². The van der Waals surface area contributed by atoms with E-state index in [0.717, 1.165) is 32.6 Å². The van der Waals surface area contributed by atoms with Gasteiger partial charge in [0.1, 0.15) is 6.54 Å². The summed E-state index contributed by atoms with van der Waals surface area (Å²) in [5.41, 5.74) is 2.90. The maximum Gasteiger partial charge on any atom is 0.243 e. The van der Waals surface area contributed by atoms with Crippen LogP contribution < -0.4 is 10.6 Å². The van der Waals surface area contributed by atoms with Gasteiger partial charge in [0, 0.05) is 46.3 Å². The first-order valence-corrected chi connectivity index (χ1v) is 9.04. The van der Waals surface area contributed by atoms with Crippen LogP contribution in [-0.4, -0.2) is 68.0 Å². The van der Waals surface area contributed by atoms with E-state index in [9.17, 15) is 4.79 Å². The van der Waals surface area contributed by atoms with Crippen LogP contribution in [0, 0.1) is 0 Å². The molecule has 0 aromatic heterocycles. The average molecular weight is 345 g/mol. The molecule has 2 rings (SSSR count). The molecule has 0 fully saturated rings. The normalized spacial score (nSPS) is 16.1. The number of nitrogens with zero attached hydrogens (tertiary/aromatic N) is 3. The second-order valence-electron chi connectivity index (χ2n) is 6.70. The third-order valence-corrected chi connectivity index (χ3v) is 4.56. The van der Waals surface area contributed by atoms with Gasteiger partial charge in [-0.3, -0.25) is 9.69 Å². The van der Waals surface area contributed by atoms with Crippen molar-refractivity contribution in [2.75, 3.05) is 40.3 Å². The van der Waals surface area contributed by atoms with Gasteiger partial charge in [-0.1, -0.05) is 24.3 Å². The third kappa shape index (κ3) is 5.74. The van der Waals surface area contributed by atoms with Gasteiger partial charge in [-0.2, -0.15) is 0 Å². The van der Waals surface area contributed by atoms with Crippen LogP contribution in [0.3, 0.4) is 0 Å². The lowest BCUT2D eigenvalue weighted by molar-refractivity contribution is -0.127. The number of nitrogens with one attached hydrogen (secondary N) is 2. The summed E-state index contributed by atoms with van der Waals surface area (Å²) in [5.74, 6) is 0.694. The fourth-order valence-corrected chi connectivity index (χ4v) is 2.90. The van der Waals surface area contributed by atoms with Gasteiger partial charge in [0.25, 0.3) is 0 Å². The van der Waals surface area contributed by atoms with E-state index in [2.05, 4.69) is 51.7 Å². The van der Waals surface area contributed by atoms with Crippen LogP contribution in [-0.2, 0) is 17.8 Å². The first kappa shape index (κ1) is 19.2. The summed E-state index contributed by atoms with van der Waals surface area (Å²) < 4.78 is 0. The van der Waals surface area contributed by atoms with Gasteiger partial charge in [-0.25, -0.2) is 4.99 Å². The monoisotopic (exact) mass is 345 g/mol. The maximum absolute atomic E-state index is 11.7. The summed E-state index contributed by atoms with van der Waals surface area (Å²) in [7, 11) is 3.49. The minimum absolute atomic E-state index is 0.00195. The van der Waals surface area contributed by atoms with E-state index < -0.39 is 0 Å². The van der Waals surface area contributed by atoms with Gasteiger partial charge in [0.2, 0.25) is 5.91 Å². The van der Waals surface area contributed by atoms with Crippen molar-refractivity contribution in [1.29, 1.82) is 0 Å². The molecule has 0 saturated heterocycles. The highest BCUT2D eigenvalue weighted by Gasteiger charge is 2.20. The molecule has 0 radical (unpaired) electrons. The Bertz CT molecular complexity index is 599. The summed E-state index contributed by atoms with van der Waals surface area (Å²) >= 11 is 0. The number of rotatable bonds is 6. The van der Waals surface area contributed by atoms with Gasteiger partial charge in [-0.05, 0) is 31.4 Å². The molecule has 0 spiro atoms. The number of hydrogen-bond donors (Lipinski definition) is 2. The number of guanidine groups is 1. The Morgan fingerprint density at radius 2 is 2.00 bits per heavy atom. The van der Waals surface area contributed by atoms with Crippen molar-refractivity contribution in [3.8, 4) is 0 Å². The van der Waals surface area contributed by atoms with Crippen molar-refractivity contribution in [3.05, 3.63) is 35.4 Å². The molecule has 1 heterocycles. The zero-order chi connectivity index (χ0) is 18.2. The standard InChI is InChI=1S/C19H31N5O/c1-5-20-19(22-13-18(25)23(3)4)21-12-15(2)24-11-10-16-8-6-7-9-17(16)14-24/h6-9,15H,5,10-14H2,1-4H3,(H2,20,21,22). The molecule has 0 saturated carbocycles. The number of carbonyl (C=O) groups excluding carboxylic acids is 1. The molecule has 138 valence electrons. The second-order valence-corrected chi connectivity index (χ2v) is 6.70. The number of amides is 1. The van der Waals surface area contributed by atoms with Crippen molar-refractivity contribution in [1.82, 2.24) is 20.4 Å². The molecular weight excluding hydrogens is 314 g/mol. The average Bonchev–Trinajstić information content (AvgIpc) is 2.62. The van der Waals surface area contributed by atoms with Crippen LogP contribution in [0.2, 0.25) is 0 Å². The molecule has 1 amide bonds. The summed E-state index contributed by atoms with van der Waals surface area (Å²) in [4.78, 5) is 20.1. The van der Waals surface area contributed by atoms with Gasteiger partial charge in [0.05, 0.1) is 0 Å². The fourth-order valence-electron chi connectivity index (χ4n) is 2.90. The molecular formula is C19H31N5O. The number of benzene rings is 1. The summed E-state index contributed by atoms with van der Waals surface area (Å²) in [6, 6.07) is 9.07. The Labute approximate surface area is 151 Å². The van der Waals surface area contributed by atoms with Gasteiger partial charge >= 0.3 is 0 Å². The molecule has 1 aliphatic heterocycles. The van der Waals surface area contributed by atoms with Crippen LogP contribution in [0.1, 0.15) is 25.0 Å². The first-order chi connectivity index (χ1) is 12.0. The van der Waals surface area contributed by atoms with E-state index >= 15 is 0 Å². The molecule has 1 aromatic rings. The molecule has 6 heteroatoms. The second kappa shape index (κ2) is 9.42. The van der Waals surface area contributed by atoms with Crippen LogP contribution in [0.4, 0.5) is 0 Å². The topological polar surface area (TPSA) is 60.0 Å². The quantitative estimate of drug-likeness (QED) is 0.598. The van der Waals surface area contributed by atoms with E-state index in [1.165, 1.54) is 11.1 Å². The zero-order valence-corrected chi connectivity index (χ0v) is 15.9. The largest absolute Gasteiger partial charge is 0.357 e. The van der Waals surface area contributed by atoms with Crippen molar-refractivity contribution in [2.24, 2.45) is 4.99 Å². The Balaban J connectivity index is 1.87. The van der Waals surface area contributed by atoms with Crippen molar-refractivity contribution in [2.45, 2.75) is 32.9 Å². The fraction of sp³-hybridized carbons (Fsp3) is 0.579. The van der Waals surface area contributed by atoms with Gasteiger partial charge in [-0.15, -0.1) is 0 Å². The molecule has 1 atom stereocenters. The zero-order valence-electron chi connectivity index (χ0n) is 15.9. The summed E-state index contributed by atoms with van der Waals surface area (Å²) in [6.07, 6.45) is 1.10. The molecule has 6 nitrogen and oxygen atoms in total. The van der Waals surface area contributed by atoms with Crippen LogP contribution >= 0.6 is 0 Å². The lowest BCUT2D eigenvalue weighted by Gasteiger charge is -2.34. The van der Waals surface area contributed by atoms with Gasteiger partial charge < -0.3 is 15.5 Å². The number of fused-ring (bicyclic) bond motifs is 1. The Morgan fingerprint density at radius 1 is 1.28 bits per heavy atom. The Kier molecular flexibility index (Phi) is 7.25. The third-order valence-electron chi connectivity index (χ3n) is 4.56. The molecule has 1 unspecified atom stereocenters. The molecule has 2 N–H and O–H groups in total. The van der Waals surface area contributed by atoms with Crippen LogP contribution in [0.5, 0.6) is 0 Å². The lowest BCUT2D eigenvalue weighted by atomic mass is 9.99. The highest BCUT2D eigenvalue weighted by molar-refractivity contribution is 5.84. The van der Waals surface area contributed by atoms with Gasteiger partial charge in [0.15, 0.2) is 5.96 Å². The smallest absolute Gasteiger partial charge is 0.243 e. The molecule has 0 bridgehead atoms. The van der Waals surface area contributed by atoms with Crippen molar-refractivity contribution in [3.63, 3.8) is 0 Å². The molecule has 0 aliphatic carbocycles. The van der Waals surface area contributed by atoms with Crippen molar-refractivity contribution >= 4 is 11.9 Å². The molecule has 25 heavy (non-hydrogen) atoms. The first-order valence-electron chi connectivity index (χ1n) is 9.04. The minimum atomic E-state index is -0.00195. The van der Waals surface area contributed by atoms with Crippen LogP contribution in [0.25, 0.3) is 0 Å². The summed E-state index contributed by atoms with van der Waals surface area (Å²) in [5, 5.41) is 6.56. The molecule has 1 aromatic carbocycles. The number of likely N-dealkylation sites (N-methyl/N-ethyl adjacent to an activating group) is 1. The van der Waals surface area contributed by atoms with Crippen molar-refractivity contribution < 1.29 is 4.79 Å². The van der Waals surface area contributed by atoms with E-state index in [1.54, 1.807) is 19.0 Å². The van der Waals surface area contributed by atoms with E-state index in [4.69, 9.17) is 0 Å². The highest BCUT2D eigenvalue weighted by atomic mass is 16.2. The lowest BCUT2D eigenvalue weighted by Crippen LogP contribution is -2.47. The predicted molar refractivity (Wildman–Crippen MR) is 103 cm³/mol. The number of carbonyl (C=O) groups is 1. The van der Waals surface area contributed by atoms with E-state index in [1.807, 2.05) is 6.92 Å². The maximum atomic E-state index is 11.7. The summed E-state index contributed by atoms with van der Waals surface area (Å²) in [6.45, 7) is 8.05. The molecule has 1 aliphatic rings. The SMILES string of the molecule is CCNC(=NCC(=O)N(C)C)NCC(C)N1CCc2ccccc2C1. The van der Waals surface area contributed by atoms with E-state index in [-0.39, 0.29) is 12.5 Å². The van der Waals surface area contributed by atoms with E-state index in [0.29, 0.717) is 12.0 Å².